The molecule has 4 rings (SSSR count). The molecule has 0 unspecified atom stereocenters. The third-order valence-corrected chi connectivity index (χ3v) is 5.90. The lowest BCUT2D eigenvalue weighted by Gasteiger charge is -2.34. The molecule has 0 atom stereocenters. The predicted molar refractivity (Wildman–Crippen MR) is 116 cm³/mol. The number of benzene rings is 1. The standard InChI is InChI=1S/C23H29N5O2/c29-22(25-20-3-1-2-4-20)19-5-7-21(8-6-19)26-23(30)28-15-13-27(14-16-28)17-18-9-11-24-12-10-18/h5-12,20H,1-4,13-17H2,(H,25,29)(H,26,30). The second-order valence-corrected chi connectivity index (χ2v) is 8.08. The van der Waals surface area contributed by atoms with Gasteiger partial charge in [-0.1, -0.05) is 12.8 Å². The number of piperazine rings is 1. The molecule has 158 valence electrons. The number of pyridine rings is 1. The van der Waals surface area contributed by atoms with Crippen LogP contribution in [0.1, 0.15) is 41.6 Å². The van der Waals surface area contributed by atoms with E-state index in [1.54, 1.807) is 24.3 Å². The Balaban J connectivity index is 1.23. The van der Waals surface area contributed by atoms with Crippen LogP contribution in [0.2, 0.25) is 0 Å². The summed E-state index contributed by atoms with van der Waals surface area (Å²) in [6.07, 6.45) is 8.12. The van der Waals surface area contributed by atoms with E-state index in [0.29, 0.717) is 30.4 Å². The molecule has 1 aromatic carbocycles. The molecule has 30 heavy (non-hydrogen) atoms. The number of nitrogens with zero attached hydrogens (tertiary/aromatic N) is 3. The van der Waals surface area contributed by atoms with Crippen LogP contribution in [0.4, 0.5) is 10.5 Å². The molecule has 7 heteroatoms. The zero-order chi connectivity index (χ0) is 20.8. The first-order chi connectivity index (χ1) is 14.7. The van der Waals surface area contributed by atoms with Crippen LogP contribution in [0.5, 0.6) is 0 Å². The van der Waals surface area contributed by atoms with E-state index >= 15 is 0 Å². The molecule has 1 saturated heterocycles. The van der Waals surface area contributed by atoms with Crippen molar-refractivity contribution >= 4 is 17.6 Å². The van der Waals surface area contributed by atoms with E-state index in [9.17, 15) is 9.59 Å². The minimum Gasteiger partial charge on any atom is -0.349 e. The second kappa shape index (κ2) is 9.71. The molecular formula is C23H29N5O2. The van der Waals surface area contributed by atoms with Crippen LogP contribution in [-0.2, 0) is 6.54 Å². The van der Waals surface area contributed by atoms with Gasteiger partial charge in [0.15, 0.2) is 0 Å². The Labute approximate surface area is 177 Å². The average Bonchev–Trinajstić information content (AvgIpc) is 3.28. The largest absolute Gasteiger partial charge is 0.349 e. The van der Waals surface area contributed by atoms with Gasteiger partial charge in [0.1, 0.15) is 0 Å². The fraction of sp³-hybridized carbons (Fsp3) is 0.435. The SMILES string of the molecule is O=C(NC1CCCC1)c1ccc(NC(=O)N2CCN(Cc3ccncc3)CC2)cc1. The molecule has 3 amide bonds. The highest BCUT2D eigenvalue weighted by atomic mass is 16.2. The predicted octanol–water partition coefficient (Wildman–Crippen LogP) is 3.10. The van der Waals surface area contributed by atoms with Gasteiger partial charge < -0.3 is 15.5 Å². The lowest BCUT2D eigenvalue weighted by atomic mass is 10.1. The highest BCUT2D eigenvalue weighted by Gasteiger charge is 2.21. The molecule has 2 fully saturated rings. The molecule has 1 saturated carbocycles. The maximum Gasteiger partial charge on any atom is 0.321 e. The minimum atomic E-state index is -0.0956. The number of amides is 3. The molecule has 2 aliphatic rings. The lowest BCUT2D eigenvalue weighted by molar-refractivity contribution is 0.0938. The molecule has 2 aromatic rings. The molecule has 1 aliphatic carbocycles. The van der Waals surface area contributed by atoms with Crippen LogP contribution < -0.4 is 10.6 Å². The van der Waals surface area contributed by atoms with E-state index in [1.807, 2.05) is 29.4 Å². The number of rotatable bonds is 5. The highest BCUT2D eigenvalue weighted by molar-refractivity contribution is 5.95. The van der Waals surface area contributed by atoms with E-state index < -0.39 is 0 Å². The van der Waals surface area contributed by atoms with Gasteiger partial charge in [0.25, 0.3) is 5.91 Å². The van der Waals surface area contributed by atoms with Crippen molar-refractivity contribution in [2.45, 2.75) is 38.3 Å². The Morgan fingerprint density at radius 2 is 1.60 bits per heavy atom. The number of urea groups is 1. The first kappa shape index (κ1) is 20.3. The first-order valence-corrected chi connectivity index (χ1v) is 10.8. The van der Waals surface area contributed by atoms with Gasteiger partial charge in [-0.25, -0.2) is 4.79 Å². The maximum absolute atomic E-state index is 12.6. The van der Waals surface area contributed by atoms with E-state index in [0.717, 1.165) is 32.5 Å². The van der Waals surface area contributed by atoms with Crippen LogP contribution in [0.3, 0.4) is 0 Å². The van der Waals surface area contributed by atoms with Gasteiger partial charge in [-0.2, -0.15) is 0 Å². The van der Waals surface area contributed by atoms with Crippen LogP contribution in [0.15, 0.2) is 48.8 Å². The number of hydrogen-bond donors (Lipinski definition) is 2. The summed E-state index contributed by atoms with van der Waals surface area (Å²) in [4.78, 5) is 33.1. The van der Waals surface area contributed by atoms with Crippen molar-refractivity contribution in [3.63, 3.8) is 0 Å². The Kier molecular flexibility index (Phi) is 6.59. The molecule has 2 heterocycles. The first-order valence-electron chi connectivity index (χ1n) is 10.8. The van der Waals surface area contributed by atoms with E-state index in [1.165, 1.54) is 18.4 Å². The summed E-state index contributed by atoms with van der Waals surface area (Å²) in [6, 6.07) is 11.4. The van der Waals surface area contributed by atoms with Gasteiger partial charge in [0, 0.05) is 62.4 Å². The van der Waals surface area contributed by atoms with Crippen molar-refractivity contribution < 1.29 is 9.59 Å². The minimum absolute atomic E-state index is 0.0369. The third-order valence-electron chi connectivity index (χ3n) is 5.90. The topological polar surface area (TPSA) is 77.6 Å². The van der Waals surface area contributed by atoms with E-state index in [-0.39, 0.29) is 11.9 Å². The Bertz CT molecular complexity index is 842. The normalized spacial score (nSPS) is 17.7. The number of carbonyl (C=O) groups is 2. The van der Waals surface area contributed by atoms with Crippen molar-refractivity contribution in [2.24, 2.45) is 0 Å². The van der Waals surface area contributed by atoms with Crippen LogP contribution >= 0.6 is 0 Å². The number of hydrogen-bond acceptors (Lipinski definition) is 4. The maximum atomic E-state index is 12.6. The van der Waals surface area contributed by atoms with E-state index in [4.69, 9.17) is 0 Å². The van der Waals surface area contributed by atoms with Gasteiger partial charge >= 0.3 is 6.03 Å². The Hall–Kier alpha value is -2.93. The number of carbonyl (C=O) groups excluding carboxylic acids is 2. The summed E-state index contributed by atoms with van der Waals surface area (Å²) in [5.74, 6) is -0.0369. The van der Waals surface area contributed by atoms with E-state index in [2.05, 4.69) is 20.5 Å². The lowest BCUT2D eigenvalue weighted by Crippen LogP contribution is -2.49. The molecule has 0 spiro atoms. The van der Waals surface area contributed by atoms with Gasteiger partial charge in [-0.05, 0) is 54.8 Å². The fourth-order valence-corrected chi connectivity index (χ4v) is 4.10. The zero-order valence-electron chi connectivity index (χ0n) is 17.2. The zero-order valence-corrected chi connectivity index (χ0v) is 17.2. The Morgan fingerprint density at radius 1 is 0.933 bits per heavy atom. The van der Waals surface area contributed by atoms with Crippen LogP contribution in [-0.4, -0.2) is 58.9 Å². The van der Waals surface area contributed by atoms with Gasteiger partial charge in [-0.15, -0.1) is 0 Å². The monoisotopic (exact) mass is 407 g/mol. The second-order valence-electron chi connectivity index (χ2n) is 8.08. The molecule has 2 N–H and O–H groups in total. The molecule has 1 aromatic heterocycles. The van der Waals surface area contributed by atoms with Crippen LogP contribution in [0.25, 0.3) is 0 Å². The van der Waals surface area contributed by atoms with Gasteiger partial charge in [-0.3, -0.25) is 14.7 Å². The Morgan fingerprint density at radius 3 is 2.27 bits per heavy atom. The number of anilines is 1. The van der Waals surface area contributed by atoms with Crippen molar-refractivity contribution in [2.75, 3.05) is 31.5 Å². The van der Waals surface area contributed by atoms with Crippen molar-refractivity contribution in [3.05, 3.63) is 59.9 Å². The summed E-state index contributed by atoms with van der Waals surface area (Å²) >= 11 is 0. The molecule has 0 radical (unpaired) electrons. The smallest absolute Gasteiger partial charge is 0.321 e. The summed E-state index contributed by atoms with van der Waals surface area (Å²) < 4.78 is 0. The molecule has 1 aliphatic heterocycles. The number of aromatic nitrogens is 1. The molecular weight excluding hydrogens is 378 g/mol. The highest BCUT2D eigenvalue weighted by Crippen LogP contribution is 2.19. The molecule has 0 bridgehead atoms. The average molecular weight is 408 g/mol. The fourth-order valence-electron chi connectivity index (χ4n) is 4.10. The number of nitrogens with one attached hydrogen (secondary N) is 2. The van der Waals surface area contributed by atoms with Crippen molar-refractivity contribution in [3.8, 4) is 0 Å². The molecule has 7 nitrogen and oxygen atoms in total. The summed E-state index contributed by atoms with van der Waals surface area (Å²) in [5, 5.41) is 6.03. The summed E-state index contributed by atoms with van der Waals surface area (Å²) in [6.45, 7) is 3.95. The van der Waals surface area contributed by atoms with Gasteiger partial charge in [0.05, 0.1) is 0 Å². The van der Waals surface area contributed by atoms with Gasteiger partial charge in [0.2, 0.25) is 0 Å². The van der Waals surface area contributed by atoms with Crippen molar-refractivity contribution in [1.82, 2.24) is 20.1 Å². The third kappa shape index (κ3) is 5.36. The van der Waals surface area contributed by atoms with Crippen molar-refractivity contribution in [1.29, 1.82) is 0 Å². The quantitative estimate of drug-likeness (QED) is 0.798. The summed E-state index contributed by atoms with van der Waals surface area (Å²) in [5.41, 5.74) is 2.57. The summed E-state index contributed by atoms with van der Waals surface area (Å²) in [7, 11) is 0. The van der Waals surface area contributed by atoms with Crippen LogP contribution in [0, 0.1) is 0 Å².